The lowest BCUT2D eigenvalue weighted by Gasteiger charge is -2.20. The molecule has 0 radical (unpaired) electrons. The summed E-state index contributed by atoms with van der Waals surface area (Å²) in [6.07, 6.45) is 22.1. The number of nitrogens with zero attached hydrogens (tertiary/aromatic N) is 1. The average molecular weight is 429 g/mol. The molecule has 180 valence electrons. The van der Waals surface area contributed by atoms with Crippen LogP contribution in [0.2, 0.25) is 0 Å². The fourth-order valence-electron chi connectivity index (χ4n) is 3.89. The normalized spacial score (nSPS) is 11.3. The predicted octanol–water partition coefficient (Wildman–Crippen LogP) is 5.04. The second kappa shape index (κ2) is 24.6. The second-order valence-corrected chi connectivity index (χ2v) is 8.69. The van der Waals surface area contributed by atoms with Crippen LogP contribution in [0.1, 0.15) is 116 Å². The van der Waals surface area contributed by atoms with Crippen LogP contribution in [0.5, 0.6) is 0 Å². The van der Waals surface area contributed by atoms with Gasteiger partial charge in [-0.15, -0.1) is 0 Å². The quantitative estimate of drug-likeness (QED) is 0.188. The van der Waals surface area contributed by atoms with Gasteiger partial charge >= 0.3 is 0 Å². The zero-order chi connectivity index (χ0) is 22.1. The van der Waals surface area contributed by atoms with Gasteiger partial charge in [-0.2, -0.15) is 0 Å². The van der Waals surface area contributed by atoms with Crippen molar-refractivity contribution in [2.45, 2.75) is 116 Å². The van der Waals surface area contributed by atoms with E-state index in [4.69, 9.17) is 10.2 Å². The van der Waals surface area contributed by atoms with Gasteiger partial charge in [0.1, 0.15) is 0 Å². The molecule has 0 aliphatic carbocycles. The predicted molar refractivity (Wildman–Crippen MR) is 128 cm³/mol. The Balaban J connectivity index is 3.27. The van der Waals surface area contributed by atoms with E-state index in [2.05, 4.69) is 12.2 Å². The number of nitrogens with one attached hydrogen (secondary N) is 1. The summed E-state index contributed by atoms with van der Waals surface area (Å²) in [5, 5.41) is 20.9. The third-order valence-electron chi connectivity index (χ3n) is 5.84. The van der Waals surface area contributed by atoms with Gasteiger partial charge in [-0.05, 0) is 6.42 Å². The summed E-state index contributed by atoms with van der Waals surface area (Å²) in [5.74, 6) is 0.119. The van der Waals surface area contributed by atoms with E-state index in [1.54, 1.807) is 0 Å². The van der Waals surface area contributed by atoms with E-state index in [0.29, 0.717) is 32.6 Å². The van der Waals surface area contributed by atoms with Gasteiger partial charge in [-0.3, -0.25) is 9.69 Å². The van der Waals surface area contributed by atoms with Crippen molar-refractivity contribution in [3.05, 3.63) is 0 Å². The van der Waals surface area contributed by atoms with Crippen LogP contribution < -0.4 is 5.32 Å². The molecule has 0 aromatic rings. The topological polar surface area (TPSA) is 72.8 Å². The highest BCUT2D eigenvalue weighted by atomic mass is 16.3. The first-order valence-corrected chi connectivity index (χ1v) is 12.9. The first-order chi connectivity index (χ1) is 14.7. The van der Waals surface area contributed by atoms with Gasteiger partial charge in [0.2, 0.25) is 5.91 Å². The molecular formula is C25H52N2O3. The summed E-state index contributed by atoms with van der Waals surface area (Å²) in [5.41, 5.74) is 0. The zero-order valence-electron chi connectivity index (χ0n) is 20.0. The summed E-state index contributed by atoms with van der Waals surface area (Å²) >= 11 is 0. The minimum atomic E-state index is 0.0765. The Morgan fingerprint density at radius 1 is 0.633 bits per heavy atom. The first kappa shape index (κ1) is 29.4. The summed E-state index contributed by atoms with van der Waals surface area (Å²) in [7, 11) is 0. The van der Waals surface area contributed by atoms with Gasteiger partial charge in [-0.1, -0.05) is 103 Å². The lowest BCUT2D eigenvalue weighted by Crippen LogP contribution is -2.37. The van der Waals surface area contributed by atoms with Crippen molar-refractivity contribution in [2.24, 2.45) is 0 Å². The number of hydrogen-bond acceptors (Lipinski definition) is 4. The molecule has 0 rings (SSSR count). The molecule has 3 N–H and O–H groups in total. The monoisotopic (exact) mass is 428 g/mol. The SMILES string of the molecule is CCCCCCCCCCCCCCCCCCC(=O)NCCN(CCO)CCO. The molecule has 0 spiro atoms. The molecule has 0 atom stereocenters. The summed E-state index contributed by atoms with van der Waals surface area (Å²) in [6, 6.07) is 0. The van der Waals surface area contributed by atoms with E-state index >= 15 is 0 Å². The molecule has 1 amide bonds. The highest BCUT2D eigenvalue weighted by Crippen LogP contribution is 2.14. The number of amides is 1. The number of unbranched alkanes of at least 4 members (excludes halogenated alkanes) is 15. The molecule has 0 aliphatic heterocycles. The molecule has 0 fully saturated rings. The maximum atomic E-state index is 11.9. The Morgan fingerprint density at radius 2 is 1.03 bits per heavy atom. The maximum absolute atomic E-state index is 11.9. The molecule has 0 aromatic heterocycles. The largest absolute Gasteiger partial charge is 0.395 e. The van der Waals surface area contributed by atoms with Gasteiger partial charge in [0.05, 0.1) is 13.2 Å². The molecule has 0 saturated carbocycles. The molecule has 0 saturated heterocycles. The van der Waals surface area contributed by atoms with Crippen molar-refractivity contribution < 1.29 is 15.0 Å². The van der Waals surface area contributed by atoms with E-state index in [9.17, 15) is 4.79 Å². The molecular weight excluding hydrogens is 376 g/mol. The van der Waals surface area contributed by atoms with Gasteiger partial charge < -0.3 is 15.5 Å². The van der Waals surface area contributed by atoms with E-state index in [0.717, 1.165) is 12.8 Å². The van der Waals surface area contributed by atoms with Crippen LogP contribution in [0.15, 0.2) is 0 Å². The van der Waals surface area contributed by atoms with Gasteiger partial charge in [0.25, 0.3) is 0 Å². The molecule has 5 nitrogen and oxygen atoms in total. The Morgan fingerprint density at radius 3 is 1.43 bits per heavy atom. The van der Waals surface area contributed by atoms with Crippen LogP contribution in [-0.2, 0) is 4.79 Å². The lowest BCUT2D eigenvalue weighted by molar-refractivity contribution is -0.121. The van der Waals surface area contributed by atoms with Crippen molar-refractivity contribution in [1.29, 1.82) is 0 Å². The number of hydrogen-bond donors (Lipinski definition) is 3. The van der Waals surface area contributed by atoms with Gasteiger partial charge in [0, 0.05) is 32.6 Å². The summed E-state index contributed by atoms with van der Waals surface area (Å²) in [4.78, 5) is 13.8. The molecule has 0 unspecified atom stereocenters. The Bertz CT molecular complexity index is 347. The zero-order valence-corrected chi connectivity index (χ0v) is 20.0. The minimum Gasteiger partial charge on any atom is -0.395 e. The lowest BCUT2D eigenvalue weighted by atomic mass is 10.0. The smallest absolute Gasteiger partial charge is 0.220 e. The van der Waals surface area contributed by atoms with Crippen LogP contribution in [0.25, 0.3) is 0 Å². The number of carbonyl (C=O) groups excluding carboxylic acids is 1. The van der Waals surface area contributed by atoms with E-state index in [1.807, 2.05) is 4.90 Å². The Labute approximate surface area is 187 Å². The third kappa shape index (κ3) is 22.0. The molecule has 0 aliphatic rings. The van der Waals surface area contributed by atoms with E-state index in [1.165, 1.54) is 89.9 Å². The maximum Gasteiger partial charge on any atom is 0.220 e. The minimum absolute atomic E-state index is 0.0765. The number of aliphatic hydroxyl groups excluding tert-OH is 2. The molecule has 0 bridgehead atoms. The second-order valence-electron chi connectivity index (χ2n) is 8.69. The van der Waals surface area contributed by atoms with Crippen molar-refractivity contribution >= 4 is 5.91 Å². The fourth-order valence-corrected chi connectivity index (χ4v) is 3.89. The molecule has 0 heterocycles. The van der Waals surface area contributed by atoms with Gasteiger partial charge in [0.15, 0.2) is 0 Å². The number of rotatable bonds is 24. The number of aliphatic hydroxyl groups is 2. The van der Waals surface area contributed by atoms with Crippen LogP contribution in [0.3, 0.4) is 0 Å². The standard InChI is InChI=1S/C25H52N2O3/c1-2-3-4-5-6-7-8-9-10-11-12-13-14-15-16-17-18-25(30)26-19-20-27(21-23-28)22-24-29/h28-29H,2-24H2,1H3,(H,26,30). The molecule has 5 heteroatoms. The fraction of sp³-hybridized carbons (Fsp3) is 0.960. The Hall–Kier alpha value is -0.650. The third-order valence-corrected chi connectivity index (χ3v) is 5.84. The van der Waals surface area contributed by atoms with Crippen LogP contribution >= 0.6 is 0 Å². The van der Waals surface area contributed by atoms with Crippen molar-refractivity contribution in [3.8, 4) is 0 Å². The van der Waals surface area contributed by atoms with Crippen LogP contribution in [0.4, 0.5) is 0 Å². The van der Waals surface area contributed by atoms with E-state index < -0.39 is 0 Å². The van der Waals surface area contributed by atoms with Crippen molar-refractivity contribution in [1.82, 2.24) is 10.2 Å². The highest BCUT2D eigenvalue weighted by molar-refractivity contribution is 5.75. The summed E-state index contributed by atoms with van der Waals surface area (Å²) < 4.78 is 0. The first-order valence-electron chi connectivity index (χ1n) is 12.9. The van der Waals surface area contributed by atoms with Crippen LogP contribution in [0, 0.1) is 0 Å². The van der Waals surface area contributed by atoms with Gasteiger partial charge in [-0.25, -0.2) is 0 Å². The van der Waals surface area contributed by atoms with E-state index in [-0.39, 0.29) is 19.1 Å². The summed E-state index contributed by atoms with van der Waals surface area (Å²) in [6.45, 7) is 4.76. The molecule has 30 heavy (non-hydrogen) atoms. The highest BCUT2D eigenvalue weighted by Gasteiger charge is 2.05. The van der Waals surface area contributed by atoms with Crippen LogP contribution in [-0.4, -0.2) is 60.4 Å². The van der Waals surface area contributed by atoms with Crippen molar-refractivity contribution in [3.63, 3.8) is 0 Å². The molecule has 0 aromatic carbocycles. The average Bonchev–Trinajstić information content (AvgIpc) is 2.73. The Kier molecular flexibility index (Phi) is 24.1. The van der Waals surface area contributed by atoms with Crippen molar-refractivity contribution in [2.75, 3.05) is 39.4 Å². The number of carbonyl (C=O) groups is 1.